The first-order chi connectivity index (χ1) is 9.29. The highest BCUT2D eigenvalue weighted by atomic mass is 19.2. The summed E-state index contributed by atoms with van der Waals surface area (Å²) in [5.41, 5.74) is -1.35. The molecule has 0 heterocycles. The first-order valence-corrected chi connectivity index (χ1v) is 5.98. The van der Waals surface area contributed by atoms with E-state index in [-0.39, 0.29) is 6.07 Å². The highest BCUT2D eigenvalue weighted by molar-refractivity contribution is 5.86. The highest BCUT2D eigenvalue weighted by Crippen LogP contribution is 2.17. The van der Waals surface area contributed by atoms with E-state index >= 15 is 0 Å². The van der Waals surface area contributed by atoms with E-state index in [1.807, 2.05) is 0 Å². The molecule has 20 heavy (non-hydrogen) atoms. The summed E-state index contributed by atoms with van der Waals surface area (Å²) >= 11 is 0. The van der Waals surface area contributed by atoms with Crippen molar-refractivity contribution in [3.05, 3.63) is 34.9 Å². The number of aromatic carboxylic acids is 1. The Labute approximate surface area is 114 Å². The molecular weight excluding hydrogens is 280 g/mol. The van der Waals surface area contributed by atoms with Crippen LogP contribution in [0.1, 0.15) is 31.1 Å². The molecule has 114 valence electrons. The van der Waals surface area contributed by atoms with E-state index in [0.717, 1.165) is 19.8 Å². The van der Waals surface area contributed by atoms with Gasteiger partial charge in [-0.15, -0.1) is 0 Å². The zero-order chi connectivity index (χ0) is 15.9. The molecule has 0 aliphatic rings. The topological polar surface area (TPSA) is 42.8 Å². The van der Waals surface area contributed by atoms with Crippen LogP contribution < -0.4 is 5.11 Å². The molecule has 0 aliphatic heterocycles. The molecule has 0 aliphatic carbocycles. The Morgan fingerprint density at radius 1 is 1.00 bits per heavy atom. The predicted molar refractivity (Wildman–Crippen MR) is 63.3 cm³/mol. The number of carboxylic acid groups (broad SMARTS) is 1. The summed E-state index contributed by atoms with van der Waals surface area (Å²) in [4.78, 5) is 10.0. The number of hydrogen-bond acceptors (Lipinski definition) is 2. The summed E-state index contributed by atoms with van der Waals surface area (Å²) in [5, 5.41) is 10.0. The Morgan fingerprint density at radius 2 is 1.45 bits per heavy atom. The molecule has 0 saturated carbocycles. The molecule has 0 fully saturated rings. The van der Waals surface area contributed by atoms with Crippen molar-refractivity contribution in [1.29, 1.82) is 0 Å². The van der Waals surface area contributed by atoms with Crippen LogP contribution in [0.4, 0.5) is 17.6 Å². The average Bonchev–Trinajstić information content (AvgIpc) is 2.43. The Balaban J connectivity index is 0.000000441. The van der Waals surface area contributed by atoms with Crippen molar-refractivity contribution >= 4 is 5.97 Å². The predicted octanol–water partition coefficient (Wildman–Crippen LogP) is 2.20. The number of carboxylic acids is 1. The summed E-state index contributed by atoms with van der Waals surface area (Å²) in [6, 6.07) is 0.0169. The fraction of sp³-hybridized carbons (Fsp3) is 0.462. The maximum Gasteiger partial charge on any atom is 0.198 e. The molecule has 0 N–H and O–H groups in total. The van der Waals surface area contributed by atoms with Crippen molar-refractivity contribution in [2.45, 2.75) is 20.8 Å². The fourth-order valence-electron chi connectivity index (χ4n) is 1.33. The number of rotatable bonds is 4. The van der Waals surface area contributed by atoms with Gasteiger partial charge >= 0.3 is 0 Å². The third kappa shape index (κ3) is 4.80. The summed E-state index contributed by atoms with van der Waals surface area (Å²) in [5.74, 6) is -10.1. The van der Waals surface area contributed by atoms with Crippen molar-refractivity contribution in [2.75, 3.05) is 19.8 Å². The SMILES string of the molecule is CC[O+](CC)CC.O=C([O-])c1cc(F)c(F)c(F)c1F. The average molecular weight is 296 g/mol. The van der Waals surface area contributed by atoms with Crippen molar-refractivity contribution in [2.24, 2.45) is 0 Å². The number of halogens is 4. The maximum absolute atomic E-state index is 12.5. The summed E-state index contributed by atoms with van der Waals surface area (Å²) in [7, 11) is 0. The molecule has 0 radical (unpaired) electrons. The number of benzene rings is 1. The molecule has 3 nitrogen and oxygen atoms in total. The molecule has 0 spiro atoms. The summed E-state index contributed by atoms with van der Waals surface area (Å²) < 4.78 is 52.4. The summed E-state index contributed by atoms with van der Waals surface area (Å²) in [6.45, 7) is 9.76. The minimum Gasteiger partial charge on any atom is -0.545 e. The molecule has 0 atom stereocenters. The molecule has 0 unspecified atom stereocenters. The van der Waals surface area contributed by atoms with Gasteiger partial charge in [0.1, 0.15) is 19.8 Å². The quantitative estimate of drug-likeness (QED) is 0.370. The van der Waals surface area contributed by atoms with E-state index in [4.69, 9.17) is 0 Å². The first-order valence-electron chi connectivity index (χ1n) is 5.98. The fourth-order valence-corrected chi connectivity index (χ4v) is 1.33. The van der Waals surface area contributed by atoms with Gasteiger partial charge in [-0.1, -0.05) is 0 Å². The molecule has 0 bridgehead atoms. The molecule has 0 aromatic heterocycles. The molecule has 0 amide bonds. The second-order valence-electron chi connectivity index (χ2n) is 3.61. The second-order valence-corrected chi connectivity index (χ2v) is 3.61. The molecular formula is C13H16F4O3. The second kappa shape index (κ2) is 8.52. The number of hydrogen-bond donors (Lipinski definition) is 0. The van der Waals surface area contributed by atoms with Crippen molar-refractivity contribution < 1.29 is 31.8 Å². The van der Waals surface area contributed by atoms with E-state index in [1.165, 1.54) is 0 Å². The third-order valence-electron chi connectivity index (χ3n) is 2.55. The number of carbonyl (C=O) groups excluding carboxylic acids is 1. The van der Waals surface area contributed by atoms with E-state index < -0.39 is 34.8 Å². The zero-order valence-corrected chi connectivity index (χ0v) is 11.4. The van der Waals surface area contributed by atoms with Gasteiger partial charge in [-0.05, 0) is 6.07 Å². The lowest BCUT2D eigenvalue weighted by Gasteiger charge is -2.11. The van der Waals surface area contributed by atoms with E-state index in [1.54, 1.807) is 0 Å². The lowest BCUT2D eigenvalue weighted by atomic mass is 10.2. The van der Waals surface area contributed by atoms with Crippen LogP contribution in [0.25, 0.3) is 0 Å². The Bertz CT molecular complexity index is 454. The highest BCUT2D eigenvalue weighted by Gasteiger charge is 2.18. The minimum absolute atomic E-state index is 0.0169. The van der Waals surface area contributed by atoms with E-state index in [9.17, 15) is 27.5 Å². The van der Waals surface area contributed by atoms with Gasteiger partial charge in [-0.2, -0.15) is 0 Å². The Hall–Kier alpha value is -1.63. The lowest BCUT2D eigenvalue weighted by molar-refractivity contribution is -0.255. The van der Waals surface area contributed by atoms with Gasteiger partial charge in [0.25, 0.3) is 0 Å². The van der Waals surface area contributed by atoms with E-state index in [2.05, 4.69) is 25.1 Å². The van der Waals surface area contributed by atoms with Crippen LogP contribution in [-0.4, -0.2) is 25.8 Å². The van der Waals surface area contributed by atoms with Crippen LogP contribution in [0.3, 0.4) is 0 Å². The van der Waals surface area contributed by atoms with Crippen LogP contribution in [0.5, 0.6) is 0 Å². The maximum atomic E-state index is 12.5. The number of carbonyl (C=O) groups is 1. The smallest absolute Gasteiger partial charge is 0.198 e. The Morgan fingerprint density at radius 3 is 1.75 bits per heavy atom. The largest absolute Gasteiger partial charge is 0.545 e. The zero-order valence-electron chi connectivity index (χ0n) is 11.4. The van der Waals surface area contributed by atoms with Crippen molar-refractivity contribution in [1.82, 2.24) is 0 Å². The molecule has 1 aromatic rings. The van der Waals surface area contributed by atoms with Gasteiger partial charge in [-0.3, -0.25) is 0 Å². The van der Waals surface area contributed by atoms with Gasteiger partial charge in [0, 0.05) is 26.3 Å². The van der Waals surface area contributed by atoms with Crippen molar-refractivity contribution in [3.63, 3.8) is 0 Å². The van der Waals surface area contributed by atoms with Gasteiger partial charge in [-0.25, -0.2) is 17.6 Å². The van der Waals surface area contributed by atoms with Crippen LogP contribution in [0, 0.1) is 23.3 Å². The first kappa shape index (κ1) is 18.4. The third-order valence-corrected chi connectivity index (χ3v) is 2.55. The van der Waals surface area contributed by atoms with Crippen LogP contribution in [-0.2, 0) is 4.37 Å². The van der Waals surface area contributed by atoms with Gasteiger partial charge in [0.05, 0.1) is 5.97 Å². The van der Waals surface area contributed by atoms with Crippen LogP contribution >= 0.6 is 0 Å². The van der Waals surface area contributed by atoms with Crippen molar-refractivity contribution in [3.8, 4) is 0 Å². The molecule has 0 saturated heterocycles. The van der Waals surface area contributed by atoms with Crippen LogP contribution in [0.15, 0.2) is 6.07 Å². The lowest BCUT2D eigenvalue weighted by Crippen LogP contribution is -2.24. The minimum atomic E-state index is -2.17. The van der Waals surface area contributed by atoms with Crippen LogP contribution in [0.2, 0.25) is 0 Å². The summed E-state index contributed by atoms with van der Waals surface area (Å²) in [6.07, 6.45) is 0. The monoisotopic (exact) mass is 296 g/mol. The van der Waals surface area contributed by atoms with E-state index in [0.29, 0.717) is 0 Å². The normalized spacial score (nSPS) is 10.2. The van der Waals surface area contributed by atoms with Gasteiger partial charge < -0.3 is 14.3 Å². The Kier molecular flexibility index (Phi) is 7.83. The molecule has 1 rings (SSSR count). The standard InChI is InChI=1S/C7H2F4O2.C6H15O/c8-3-1-2(7(12)13)4(9)6(11)5(3)10;1-4-7(5-2)6-3/h1H,(H,12,13);4-6H2,1-3H3/q;+1/p-1. The van der Waals surface area contributed by atoms with Gasteiger partial charge in [0.2, 0.25) is 0 Å². The molecule has 7 heteroatoms. The van der Waals surface area contributed by atoms with Gasteiger partial charge in [0.15, 0.2) is 23.3 Å². The molecule has 1 aromatic carbocycles.